The van der Waals surface area contributed by atoms with Crippen LogP contribution in [0.15, 0.2) is 31.0 Å². The molecule has 132 valence electrons. The fourth-order valence-electron chi connectivity index (χ4n) is 2.85. The summed E-state index contributed by atoms with van der Waals surface area (Å²) in [5.74, 6) is 1.13. The van der Waals surface area contributed by atoms with Crippen LogP contribution in [0.25, 0.3) is 0 Å². The van der Waals surface area contributed by atoms with Crippen molar-refractivity contribution in [2.24, 2.45) is 5.92 Å². The van der Waals surface area contributed by atoms with Crippen LogP contribution < -0.4 is 0 Å². The van der Waals surface area contributed by atoms with E-state index in [9.17, 15) is 4.79 Å². The van der Waals surface area contributed by atoms with Crippen LogP contribution in [-0.2, 0) is 11.2 Å². The van der Waals surface area contributed by atoms with Gasteiger partial charge in [-0.3, -0.25) is 14.8 Å². The molecule has 1 aliphatic rings. The van der Waals surface area contributed by atoms with E-state index in [0.717, 1.165) is 17.9 Å². The standard InChI is InChI=1S/C18H23N5O2/c1-13(2)17-21-8-15(9-22-17)18(24)23-5-6-25-12-14(11-23)7-16-10-19-3-4-20-16/h3-4,8-10,13-14H,5-7,11-12H2,1-2H3. The first-order valence-electron chi connectivity index (χ1n) is 8.57. The summed E-state index contributed by atoms with van der Waals surface area (Å²) in [6, 6.07) is 0. The minimum Gasteiger partial charge on any atom is -0.379 e. The number of amides is 1. The summed E-state index contributed by atoms with van der Waals surface area (Å²) in [5, 5.41) is 0. The lowest BCUT2D eigenvalue weighted by Gasteiger charge is -2.23. The molecule has 0 radical (unpaired) electrons. The van der Waals surface area contributed by atoms with Gasteiger partial charge in [-0.15, -0.1) is 0 Å². The molecular weight excluding hydrogens is 318 g/mol. The Bertz CT molecular complexity index is 690. The summed E-state index contributed by atoms with van der Waals surface area (Å²) in [7, 11) is 0. The average Bonchev–Trinajstić information content (AvgIpc) is 2.87. The summed E-state index contributed by atoms with van der Waals surface area (Å²) in [4.78, 5) is 31.6. The number of rotatable bonds is 4. The molecule has 2 aromatic rings. The van der Waals surface area contributed by atoms with Crippen LogP contribution in [0, 0.1) is 5.92 Å². The molecule has 0 aromatic carbocycles. The van der Waals surface area contributed by atoms with Crippen molar-refractivity contribution in [1.29, 1.82) is 0 Å². The third-order valence-corrected chi connectivity index (χ3v) is 4.17. The molecule has 0 aliphatic carbocycles. The van der Waals surface area contributed by atoms with Gasteiger partial charge in [-0.1, -0.05) is 13.8 Å². The van der Waals surface area contributed by atoms with Gasteiger partial charge in [-0.2, -0.15) is 0 Å². The van der Waals surface area contributed by atoms with E-state index in [2.05, 4.69) is 19.9 Å². The molecular formula is C18H23N5O2. The summed E-state index contributed by atoms with van der Waals surface area (Å²) in [5.41, 5.74) is 1.43. The molecule has 0 saturated carbocycles. The zero-order valence-electron chi connectivity index (χ0n) is 14.6. The highest BCUT2D eigenvalue weighted by atomic mass is 16.5. The molecule has 0 N–H and O–H groups in total. The van der Waals surface area contributed by atoms with E-state index >= 15 is 0 Å². The fourth-order valence-corrected chi connectivity index (χ4v) is 2.85. The number of carbonyl (C=O) groups excluding carboxylic acids is 1. The Hall–Kier alpha value is -2.41. The minimum atomic E-state index is -0.0510. The lowest BCUT2D eigenvalue weighted by Crippen LogP contribution is -2.36. The van der Waals surface area contributed by atoms with E-state index in [-0.39, 0.29) is 17.7 Å². The smallest absolute Gasteiger partial charge is 0.257 e. The molecule has 0 bridgehead atoms. The first-order chi connectivity index (χ1) is 12.1. The Morgan fingerprint density at radius 3 is 2.72 bits per heavy atom. The summed E-state index contributed by atoms with van der Waals surface area (Å²) < 4.78 is 5.67. The van der Waals surface area contributed by atoms with E-state index in [1.165, 1.54) is 0 Å². The number of hydrogen-bond donors (Lipinski definition) is 0. The molecule has 1 amide bonds. The largest absolute Gasteiger partial charge is 0.379 e. The van der Waals surface area contributed by atoms with Crippen molar-refractivity contribution in [3.05, 3.63) is 48.1 Å². The van der Waals surface area contributed by atoms with E-state index in [4.69, 9.17) is 4.74 Å². The Morgan fingerprint density at radius 2 is 2.04 bits per heavy atom. The zero-order chi connectivity index (χ0) is 17.6. The van der Waals surface area contributed by atoms with Gasteiger partial charge < -0.3 is 9.64 Å². The number of aromatic nitrogens is 4. The molecule has 0 spiro atoms. The van der Waals surface area contributed by atoms with Gasteiger partial charge in [0.1, 0.15) is 5.82 Å². The molecule has 3 rings (SSSR count). The van der Waals surface area contributed by atoms with Crippen molar-refractivity contribution in [1.82, 2.24) is 24.8 Å². The predicted octanol–water partition coefficient (Wildman–Crippen LogP) is 1.72. The van der Waals surface area contributed by atoms with Crippen LogP contribution in [0.4, 0.5) is 0 Å². The van der Waals surface area contributed by atoms with E-state index in [1.807, 2.05) is 18.7 Å². The molecule has 25 heavy (non-hydrogen) atoms. The van der Waals surface area contributed by atoms with Crippen molar-refractivity contribution >= 4 is 5.91 Å². The third kappa shape index (κ3) is 4.57. The van der Waals surface area contributed by atoms with Gasteiger partial charge in [0.2, 0.25) is 0 Å². The molecule has 3 heterocycles. The Balaban J connectivity index is 1.68. The Morgan fingerprint density at radius 1 is 1.24 bits per heavy atom. The maximum atomic E-state index is 12.8. The maximum Gasteiger partial charge on any atom is 0.257 e. The SMILES string of the molecule is CC(C)c1ncc(C(=O)N2CCOCC(Cc3cnccn3)C2)cn1. The molecule has 7 heteroatoms. The van der Waals surface area contributed by atoms with Gasteiger partial charge in [0, 0.05) is 55.9 Å². The van der Waals surface area contributed by atoms with Crippen molar-refractivity contribution in [3.8, 4) is 0 Å². The van der Waals surface area contributed by atoms with E-state index < -0.39 is 0 Å². The molecule has 1 fully saturated rings. The third-order valence-electron chi connectivity index (χ3n) is 4.17. The fraction of sp³-hybridized carbons (Fsp3) is 0.500. The lowest BCUT2D eigenvalue weighted by molar-refractivity contribution is 0.0736. The summed E-state index contributed by atoms with van der Waals surface area (Å²) in [6.07, 6.45) is 9.07. The lowest BCUT2D eigenvalue weighted by atomic mass is 10.0. The van der Waals surface area contributed by atoms with Crippen molar-refractivity contribution < 1.29 is 9.53 Å². The molecule has 1 atom stereocenters. The van der Waals surface area contributed by atoms with Gasteiger partial charge in [0.25, 0.3) is 5.91 Å². The van der Waals surface area contributed by atoms with Crippen molar-refractivity contribution in [2.75, 3.05) is 26.3 Å². The van der Waals surface area contributed by atoms with Crippen LogP contribution in [0.1, 0.15) is 41.6 Å². The number of nitrogens with zero attached hydrogens (tertiary/aromatic N) is 5. The van der Waals surface area contributed by atoms with E-state index in [1.54, 1.807) is 31.0 Å². The molecule has 1 aliphatic heterocycles. The summed E-state index contributed by atoms with van der Waals surface area (Å²) in [6.45, 7) is 6.40. The average molecular weight is 341 g/mol. The van der Waals surface area contributed by atoms with Gasteiger partial charge in [0.05, 0.1) is 24.5 Å². The van der Waals surface area contributed by atoms with Crippen molar-refractivity contribution in [2.45, 2.75) is 26.2 Å². The molecule has 7 nitrogen and oxygen atoms in total. The second kappa shape index (κ2) is 8.11. The first kappa shape index (κ1) is 17.4. The topological polar surface area (TPSA) is 81.1 Å². The summed E-state index contributed by atoms with van der Waals surface area (Å²) >= 11 is 0. The van der Waals surface area contributed by atoms with Gasteiger partial charge in [-0.25, -0.2) is 9.97 Å². The Kier molecular flexibility index (Phi) is 5.65. The zero-order valence-corrected chi connectivity index (χ0v) is 14.6. The first-order valence-corrected chi connectivity index (χ1v) is 8.57. The quantitative estimate of drug-likeness (QED) is 0.842. The van der Waals surface area contributed by atoms with Crippen LogP contribution >= 0.6 is 0 Å². The second-order valence-electron chi connectivity index (χ2n) is 6.58. The second-order valence-corrected chi connectivity index (χ2v) is 6.58. The normalized spacial score (nSPS) is 18.2. The highest BCUT2D eigenvalue weighted by molar-refractivity contribution is 5.93. The van der Waals surface area contributed by atoms with Crippen LogP contribution in [0.5, 0.6) is 0 Å². The number of hydrogen-bond acceptors (Lipinski definition) is 6. The van der Waals surface area contributed by atoms with Crippen LogP contribution in [0.3, 0.4) is 0 Å². The highest BCUT2D eigenvalue weighted by Crippen LogP contribution is 2.15. The van der Waals surface area contributed by atoms with Gasteiger partial charge in [-0.05, 0) is 6.42 Å². The number of carbonyl (C=O) groups is 1. The Labute approximate surface area is 147 Å². The van der Waals surface area contributed by atoms with Crippen molar-refractivity contribution in [3.63, 3.8) is 0 Å². The van der Waals surface area contributed by atoms with Crippen LogP contribution in [-0.4, -0.2) is 57.0 Å². The van der Waals surface area contributed by atoms with Gasteiger partial charge >= 0.3 is 0 Å². The predicted molar refractivity (Wildman–Crippen MR) is 92.1 cm³/mol. The maximum absolute atomic E-state index is 12.8. The van der Waals surface area contributed by atoms with Gasteiger partial charge in [0.15, 0.2) is 0 Å². The molecule has 1 saturated heterocycles. The monoisotopic (exact) mass is 341 g/mol. The highest BCUT2D eigenvalue weighted by Gasteiger charge is 2.24. The van der Waals surface area contributed by atoms with E-state index in [0.29, 0.717) is 31.9 Å². The van der Waals surface area contributed by atoms with Crippen LogP contribution in [0.2, 0.25) is 0 Å². The molecule has 2 aromatic heterocycles. The minimum absolute atomic E-state index is 0.0510. The molecule has 1 unspecified atom stereocenters. The number of ether oxygens (including phenoxy) is 1.